The maximum atomic E-state index is 10.7. The Hall–Kier alpha value is -2.99. The largest absolute Gasteiger partial charge is 0.354 e. The van der Waals surface area contributed by atoms with Crippen molar-refractivity contribution in [1.82, 2.24) is 9.88 Å². The molecule has 0 N–H and O–H groups in total. The third-order valence-electron chi connectivity index (χ3n) is 5.14. The van der Waals surface area contributed by atoms with E-state index in [2.05, 4.69) is 34.1 Å². The van der Waals surface area contributed by atoms with Gasteiger partial charge in [0.1, 0.15) is 5.82 Å². The van der Waals surface area contributed by atoms with Crippen LogP contribution in [0.1, 0.15) is 5.56 Å². The highest BCUT2D eigenvalue weighted by atomic mass is 16.6. The molecule has 2 aromatic carbocycles. The number of para-hydroxylation sites is 1. The summed E-state index contributed by atoms with van der Waals surface area (Å²) in [5.41, 5.74) is 2.32. The lowest BCUT2D eigenvalue weighted by Gasteiger charge is -2.35. The van der Waals surface area contributed by atoms with E-state index in [1.54, 1.807) is 12.1 Å². The van der Waals surface area contributed by atoms with E-state index in [9.17, 15) is 10.1 Å². The SMILES string of the molecule is O=[N+]([O-])c1ccc(CCN2CCN(c3ccc4ccccc4n3)CC2)cc1. The van der Waals surface area contributed by atoms with Crippen molar-refractivity contribution in [2.45, 2.75) is 6.42 Å². The van der Waals surface area contributed by atoms with Crippen molar-refractivity contribution in [1.29, 1.82) is 0 Å². The van der Waals surface area contributed by atoms with Gasteiger partial charge in [-0.2, -0.15) is 0 Å². The van der Waals surface area contributed by atoms with Gasteiger partial charge in [0.15, 0.2) is 0 Å². The summed E-state index contributed by atoms with van der Waals surface area (Å²) < 4.78 is 0. The number of anilines is 1. The number of non-ortho nitro benzene ring substituents is 1. The third kappa shape index (κ3) is 4.06. The highest BCUT2D eigenvalue weighted by molar-refractivity contribution is 5.80. The molecule has 1 fully saturated rings. The molecule has 0 atom stereocenters. The van der Waals surface area contributed by atoms with E-state index >= 15 is 0 Å². The first-order valence-corrected chi connectivity index (χ1v) is 9.25. The minimum absolute atomic E-state index is 0.148. The molecule has 0 aliphatic carbocycles. The fourth-order valence-corrected chi connectivity index (χ4v) is 3.50. The van der Waals surface area contributed by atoms with Crippen molar-refractivity contribution in [3.63, 3.8) is 0 Å². The van der Waals surface area contributed by atoms with Gasteiger partial charge in [0.05, 0.1) is 10.4 Å². The molecule has 1 saturated heterocycles. The molecular weight excluding hydrogens is 340 g/mol. The summed E-state index contributed by atoms with van der Waals surface area (Å²) in [7, 11) is 0. The van der Waals surface area contributed by atoms with Crippen LogP contribution in [0, 0.1) is 10.1 Å². The predicted molar refractivity (Wildman–Crippen MR) is 107 cm³/mol. The van der Waals surface area contributed by atoms with Crippen LogP contribution in [0.2, 0.25) is 0 Å². The van der Waals surface area contributed by atoms with Crippen LogP contribution in [0.4, 0.5) is 11.5 Å². The van der Waals surface area contributed by atoms with E-state index in [4.69, 9.17) is 4.98 Å². The second-order valence-electron chi connectivity index (χ2n) is 6.86. The molecule has 0 spiro atoms. The van der Waals surface area contributed by atoms with Crippen LogP contribution in [0.3, 0.4) is 0 Å². The number of nitrogens with zero attached hydrogens (tertiary/aromatic N) is 4. The summed E-state index contributed by atoms with van der Waals surface area (Å²) >= 11 is 0. The highest BCUT2D eigenvalue weighted by Gasteiger charge is 2.18. The molecule has 2 heterocycles. The van der Waals surface area contributed by atoms with Crippen molar-refractivity contribution >= 4 is 22.4 Å². The molecule has 138 valence electrons. The van der Waals surface area contributed by atoms with Crippen LogP contribution in [-0.4, -0.2) is 47.5 Å². The van der Waals surface area contributed by atoms with Crippen LogP contribution >= 0.6 is 0 Å². The first-order chi connectivity index (χ1) is 13.2. The van der Waals surface area contributed by atoms with Crippen LogP contribution < -0.4 is 4.90 Å². The Kier molecular flexibility index (Phi) is 4.98. The van der Waals surface area contributed by atoms with Gasteiger partial charge >= 0.3 is 0 Å². The lowest BCUT2D eigenvalue weighted by molar-refractivity contribution is -0.384. The monoisotopic (exact) mass is 362 g/mol. The number of pyridine rings is 1. The number of hydrogen-bond acceptors (Lipinski definition) is 5. The van der Waals surface area contributed by atoms with Gasteiger partial charge in [-0.05, 0) is 30.2 Å². The molecule has 3 aromatic rings. The third-order valence-corrected chi connectivity index (χ3v) is 5.14. The summed E-state index contributed by atoms with van der Waals surface area (Å²) in [6.45, 7) is 4.90. The standard InChI is InChI=1S/C21H22N4O2/c26-25(27)19-8-5-17(6-9-19)11-12-23-13-15-24(16-14-23)21-10-7-18-3-1-2-4-20(18)22-21/h1-10H,11-16H2. The zero-order chi connectivity index (χ0) is 18.6. The van der Waals surface area contributed by atoms with E-state index in [-0.39, 0.29) is 10.6 Å². The van der Waals surface area contributed by atoms with Crippen molar-refractivity contribution in [2.75, 3.05) is 37.6 Å². The van der Waals surface area contributed by atoms with Crippen molar-refractivity contribution in [3.05, 3.63) is 76.3 Å². The van der Waals surface area contributed by atoms with E-state index in [1.807, 2.05) is 24.3 Å². The average molecular weight is 362 g/mol. The van der Waals surface area contributed by atoms with Gasteiger partial charge in [-0.25, -0.2) is 4.98 Å². The lowest BCUT2D eigenvalue weighted by Crippen LogP contribution is -2.47. The number of piperazine rings is 1. The van der Waals surface area contributed by atoms with E-state index in [0.717, 1.165) is 56.0 Å². The second kappa shape index (κ2) is 7.72. The van der Waals surface area contributed by atoms with Crippen LogP contribution in [0.25, 0.3) is 10.9 Å². The van der Waals surface area contributed by atoms with Gasteiger partial charge in [-0.1, -0.05) is 30.3 Å². The van der Waals surface area contributed by atoms with E-state index < -0.39 is 0 Å². The fraction of sp³-hybridized carbons (Fsp3) is 0.286. The Balaban J connectivity index is 1.31. The number of fused-ring (bicyclic) bond motifs is 1. The fourth-order valence-electron chi connectivity index (χ4n) is 3.50. The smallest absolute Gasteiger partial charge is 0.269 e. The van der Waals surface area contributed by atoms with Gasteiger partial charge in [-0.3, -0.25) is 15.0 Å². The normalized spacial score (nSPS) is 15.2. The topological polar surface area (TPSA) is 62.5 Å². The van der Waals surface area contributed by atoms with Crippen molar-refractivity contribution in [3.8, 4) is 0 Å². The molecule has 0 unspecified atom stereocenters. The minimum atomic E-state index is -0.357. The zero-order valence-corrected chi connectivity index (χ0v) is 15.1. The van der Waals surface area contributed by atoms with Crippen molar-refractivity contribution in [2.24, 2.45) is 0 Å². The molecule has 6 nitrogen and oxygen atoms in total. The second-order valence-corrected chi connectivity index (χ2v) is 6.86. The van der Waals surface area contributed by atoms with Crippen LogP contribution in [0.15, 0.2) is 60.7 Å². The van der Waals surface area contributed by atoms with Gasteiger partial charge in [0, 0.05) is 50.2 Å². The Morgan fingerprint density at radius 3 is 2.41 bits per heavy atom. The first-order valence-electron chi connectivity index (χ1n) is 9.25. The van der Waals surface area contributed by atoms with Crippen molar-refractivity contribution < 1.29 is 4.92 Å². The Morgan fingerprint density at radius 1 is 0.926 bits per heavy atom. The van der Waals surface area contributed by atoms with Gasteiger partial charge in [0.25, 0.3) is 5.69 Å². The summed E-state index contributed by atoms with van der Waals surface area (Å²) in [6, 6.07) is 19.3. The van der Waals surface area contributed by atoms with Crippen LogP contribution in [-0.2, 0) is 6.42 Å². The average Bonchev–Trinajstić information content (AvgIpc) is 2.72. The maximum absolute atomic E-state index is 10.7. The number of hydrogen-bond donors (Lipinski definition) is 0. The summed E-state index contributed by atoms with van der Waals surface area (Å²) in [5.74, 6) is 1.05. The molecule has 1 aliphatic rings. The predicted octanol–water partition coefficient (Wildman–Crippen LogP) is 3.51. The number of benzene rings is 2. The van der Waals surface area contributed by atoms with Gasteiger partial charge < -0.3 is 4.90 Å². The molecule has 4 rings (SSSR count). The Labute approximate surface area is 158 Å². The number of aromatic nitrogens is 1. The highest BCUT2D eigenvalue weighted by Crippen LogP contribution is 2.19. The Bertz CT molecular complexity index is 934. The number of nitro benzene ring substituents is 1. The van der Waals surface area contributed by atoms with Crippen LogP contribution in [0.5, 0.6) is 0 Å². The van der Waals surface area contributed by atoms with E-state index in [0.29, 0.717) is 0 Å². The Morgan fingerprint density at radius 2 is 1.67 bits per heavy atom. The lowest BCUT2D eigenvalue weighted by atomic mass is 10.1. The molecule has 6 heteroatoms. The molecule has 1 aromatic heterocycles. The van der Waals surface area contributed by atoms with Gasteiger partial charge in [-0.15, -0.1) is 0 Å². The molecule has 0 amide bonds. The van der Waals surface area contributed by atoms with Gasteiger partial charge in [0.2, 0.25) is 0 Å². The molecule has 0 saturated carbocycles. The van der Waals surface area contributed by atoms with E-state index in [1.165, 1.54) is 5.39 Å². The number of nitro groups is 1. The summed E-state index contributed by atoms with van der Waals surface area (Å²) in [4.78, 5) is 19.9. The zero-order valence-electron chi connectivity index (χ0n) is 15.1. The quantitative estimate of drug-likeness (QED) is 0.513. The maximum Gasteiger partial charge on any atom is 0.269 e. The summed E-state index contributed by atoms with van der Waals surface area (Å²) in [5, 5.41) is 11.9. The molecular formula is C21H22N4O2. The molecule has 0 radical (unpaired) electrons. The first kappa shape index (κ1) is 17.4. The molecule has 1 aliphatic heterocycles. The summed E-state index contributed by atoms with van der Waals surface area (Å²) in [6.07, 6.45) is 0.909. The molecule has 0 bridgehead atoms. The minimum Gasteiger partial charge on any atom is -0.354 e. The molecule has 27 heavy (non-hydrogen) atoms. The number of rotatable bonds is 5.